The standard InChI is InChI=1S/C14H15N3O2/c1-2-3-12(18)9-4-5-11-10(8-9)15-14-16-13(19)6-7-17(11)14/h4-5,8H,2-3,6-7H2,1H3,(H,15,16,19). The van der Waals surface area contributed by atoms with Crippen molar-refractivity contribution >= 4 is 28.7 Å². The molecule has 1 amide bonds. The van der Waals surface area contributed by atoms with Gasteiger partial charge in [0.25, 0.3) is 0 Å². The van der Waals surface area contributed by atoms with Crippen molar-refractivity contribution < 1.29 is 9.59 Å². The number of hydrogen-bond acceptors (Lipinski definition) is 3. The van der Waals surface area contributed by atoms with Gasteiger partial charge in [0, 0.05) is 24.9 Å². The van der Waals surface area contributed by atoms with Gasteiger partial charge in [0.05, 0.1) is 11.0 Å². The van der Waals surface area contributed by atoms with Crippen molar-refractivity contribution in [2.24, 2.45) is 0 Å². The van der Waals surface area contributed by atoms with Crippen LogP contribution in [0.5, 0.6) is 0 Å². The van der Waals surface area contributed by atoms with Crippen molar-refractivity contribution in [2.75, 3.05) is 5.32 Å². The number of anilines is 1. The Morgan fingerprint density at radius 2 is 2.32 bits per heavy atom. The number of ketones is 1. The summed E-state index contributed by atoms with van der Waals surface area (Å²) < 4.78 is 1.98. The lowest BCUT2D eigenvalue weighted by Crippen LogP contribution is -2.23. The van der Waals surface area contributed by atoms with Gasteiger partial charge >= 0.3 is 0 Å². The van der Waals surface area contributed by atoms with Crippen LogP contribution < -0.4 is 5.32 Å². The second kappa shape index (κ2) is 4.50. The van der Waals surface area contributed by atoms with Gasteiger partial charge in [-0.25, -0.2) is 4.98 Å². The molecule has 0 aliphatic carbocycles. The topological polar surface area (TPSA) is 64.0 Å². The second-order valence-electron chi connectivity index (χ2n) is 4.76. The Morgan fingerprint density at radius 3 is 3.11 bits per heavy atom. The van der Waals surface area contributed by atoms with Gasteiger partial charge < -0.3 is 4.57 Å². The first-order valence-corrected chi connectivity index (χ1v) is 6.52. The zero-order valence-corrected chi connectivity index (χ0v) is 10.8. The van der Waals surface area contributed by atoms with Crippen molar-refractivity contribution in [3.8, 4) is 0 Å². The molecule has 1 N–H and O–H groups in total. The lowest BCUT2D eigenvalue weighted by Gasteiger charge is -2.14. The lowest BCUT2D eigenvalue weighted by atomic mass is 10.1. The van der Waals surface area contributed by atoms with Crippen molar-refractivity contribution in [2.45, 2.75) is 32.7 Å². The van der Waals surface area contributed by atoms with Crippen LogP contribution in [0.3, 0.4) is 0 Å². The molecule has 0 radical (unpaired) electrons. The summed E-state index contributed by atoms with van der Waals surface area (Å²) in [6, 6.07) is 5.56. The van der Waals surface area contributed by atoms with Crippen molar-refractivity contribution in [3.05, 3.63) is 23.8 Å². The van der Waals surface area contributed by atoms with E-state index in [1.165, 1.54) is 0 Å². The van der Waals surface area contributed by atoms with E-state index >= 15 is 0 Å². The monoisotopic (exact) mass is 257 g/mol. The number of amides is 1. The minimum Gasteiger partial charge on any atom is -0.309 e. The quantitative estimate of drug-likeness (QED) is 0.858. The van der Waals surface area contributed by atoms with Crippen LogP contribution in [-0.4, -0.2) is 21.2 Å². The minimum absolute atomic E-state index is 0.00918. The molecule has 2 heterocycles. The summed E-state index contributed by atoms with van der Waals surface area (Å²) in [5, 5.41) is 2.75. The molecule has 0 bridgehead atoms. The van der Waals surface area contributed by atoms with E-state index in [-0.39, 0.29) is 11.7 Å². The Balaban J connectivity index is 2.05. The molecule has 3 rings (SSSR count). The maximum Gasteiger partial charge on any atom is 0.228 e. The molecule has 19 heavy (non-hydrogen) atoms. The molecule has 2 aromatic rings. The number of carbonyl (C=O) groups excluding carboxylic acids is 2. The van der Waals surface area contributed by atoms with Gasteiger partial charge in [-0.3, -0.25) is 14.9 Å². The smallest absolute Gasteiger partial charge is 0.228 e. The summed E-state index contributed by atoms with van der Waals surface area (Å²) >= 11 is 0. The molecule has 0 atom stereocenters. The van der Waals surface area contributed by atoms with Crippen molar-refractivity contribution in [1.29, 1.82) is 0 Å². The Hall–Kier alpha value is -2.17. The number of benzene rings is 1. The number of aryl methyl sites for hydroxylation is 1. The summed E-state index contributed by atoms with van der Waals surface area (Å²) in [6.45, 7) is 2.63. The van der Waals surface area contributed by atoms with Crippen molar-refractivity contribution in [1.82, 2.24) is 9.55 Å². The van der Waals surface area contributed by atoms with Gasteiger partial charge in [0.1, 0.15) is 0 Å². The van der Waals surface area contributed by atoms with Crippen LogP contribution in [0, 0.1) is 0 Å². The van der Waals surface area contributed by atoms with Gasteiger partial charge in [0.2, 0.25) is 11.9 Å². The number of nitrogens with one attached hydrogen (secondary N) is 1. The van der Waals surface area contributed by atoms with Crippen LogP contribution in [0.1, 0.15) is 36.5 Å². The number of Topliss-reactive ketones (excluding diaryl/α,β-unsaturated/α-hetero) is 1. The van der Waals surface area contributed by atoms with Crippen LogP contribution in [0.4, 0.5) is 5.95 Å². The minimum atomic E-state index is -0.00918. The van der Waals surface area contributed by atoms with Crippen LogP contribution >= 0.6 is 0 Å². The van der Waals surface area contributed by atoms with Gasteiger partial charge in [-0.1, -0.05) is 6.92 Å². The van der Waals surface area contributed by atoms with E-state index in [4.69, 9.17) is 0 Å². The van der Waals surface area contributed by atoms with Crippen LogP contribution in [0.2, 0.25) is 0 Å². The summed E-state index contributed by atoms with van der Waals surface area (Å²) in [5.41, 5.74) is 2.42. The zero-order chi connectivity index (χ0) is 13.4. The third-order valence-electron chi connectivity index (χ3n) is 3.36. The maximum atomic E-state index is 11.9. The number of carbonyl (C=O) groups is 2. The lowest BCUT2D eigenvalue weighted by molar-refractivity contribution is -0.116. The number of fused-ring (bicyclic) bond motifs is 3. The highest BCUT2D eigenvalue weighted by Crippen LogP contribution is 2.24. The fourth-order valence-electron chi connectivity index (χ4n) is 2.40. The highest BCUT2D eigenvalue weighted by Gasteiger charge is 2.19. The van der Waals surface area contributed by atoms with E-state index < -0.39 is 0 Å². The molecule has 0 fully saturated rings. The number of aromatic nitrogens is 2. The molecule has 0 saturated heterocycles. The van der Waals surface area contributed by atoms with E-state index in [1.807, 2.05) is 29.7 Å². The molecule has 98 valence electrons. The zero-order valence-electron chi connectivity index (χ0n) is 10.8. The van der Waals surface area contributed by atoms with E-state index in [0.717, 1.165) is 17.5 Å². The normalized spacial score (nSPS) is 14.3. The highest BCUT2D eigenvalue weighted by molar-refractivity contribution is 6.00. The summed E-state index contributed by atoms with van der Waals surface area (Å²) in [7, 11) is 0. The first-order chi connectivity index (χ1) is 9.19. The number of hydrogen-bond donors (Lipinski definition) is 1. The van der Waals surface area contributed by atoms with Crippen LogP contribution in [0.25, 0.3) is 11.0 Å². The highest BCUT2D eigenvalue weighted by atomic mass is 16.2. The molecule has 0 unspecified atom stereocenters. The van der Waals surface area contributed by atoms with Crippen LogP contribution in [0.15, 0.2) is 18.2 Å². The predicted molar refractivity (Wildman–Crippen MR) is 72.2 cm³/mol. The number of nitrogens with zero attached hydrogens (tertiary/aromatic N) is 2. The molecule has 1 aliphatic rings. The Morgan fingerprint density at radius 1 is 1.47 bits per heavy atom. The first kappa shape index (κ1) is 11.9. The summed E-state index contributed by atoms with van der Waals surface area (Å²) in [5.74, 6) is 0.704. The molecular weight excluding hydrogens is 242 g/mol. The maximum absolute atomic E-state index is 11.9. The fraction of sp³-hybridized carbons (Fsp3) is 0.357. The van der Waals surface area contributed by atoms with Gasteiger partial charge in [0.15, 0.2) is 5.78 Å². The third kappa shape index (κ3) is 2.01. The van der Waals surface area contributed by atoms with Crippen LogP contribution in [-0.2, 0) is 11.3 Å². The summed E-state index contributed by atoms with van der Waals surface area (Å²) in [4.78, 5) is 27.6. The molecule has 1 aromatic heterocycles. The Kier molecular flexibility index (Phi) is 2.81. The molecular formula is C14H15N3O2. The molecule has 0 saturated carbocycles. The Labute approximate surface area is 110 Å². The Bertz CT molecular complexity index is 673. The molecule has 1 aromatic carbocycles. The van der Waals surface area contributed by atoms with Gasteiger partial charge in [-0.05, 0) is 24.6 Å². The number of rotatable bonds is 3. The van der Waals surface area contributed by atoms with E-state index in [1.54, 1.807) is 0 Å². The molecule has 0 spiro atoms. The number of imidazole rings is 1. The van der Waals surface area contributed by atoms with E-state index in [2.05, 4.69) is 10.3 Å². The molecule has 1 aliphatic heterocycles. The predicted octanol–water partition coefficient (Wildman–Crippen LogP) is 2.36. The molecule has 5 nitrogen and oxygen atoms in total. The van der Waals surface area contributed by atoms with Gasteiger partial charge in [-0.2, -0.15) is 0 Å². The first-order valence-electron chi connectivity index (χ1n) is 6.52. The fourth-order valence-corrected chi connectivity index (χ4v) is 2.40. The average Bonchev–Trinajstić information content (AvgIpc) is 2.75. The SMILES string of the molecule is CCCC(=O)c1ccc2c(c1)nc1n2CCC(=O)N1. The van der Waals surface area contributed by atoms with E-state index in [9.17, 15) is 9.59 Å². The van der Waals surface area contributed by atoms with Gasteiger partial charge in [-0.15, -0.1) is 0 Å². The molecule has 5 heteroatoms. The third-order valence-corrected chi connectivity index (χ3v) is 3.36. The second-order valence-corrected chi connectivity index (χ2v) is 4.76. The van der Waals surface area contributed by atoms with E-state index in [0.29, 0.717) is 30.9 Å². The average molecular weight is 257 g/mol. The summed E-state index contributed by atoms with van der Waals surface area (Å²) in [6.07, 6.45) is 1.86. The largest absolute Gasteiger partial charge is 0.309 e. The van der Waals surface area contributed by atoms with Crippen molar-refractivity contribution in [3.63, 3.8) is 0 Å².